The summed E-state index contributed by atoms with van der Waals surface area (Å²) in [5.74, 6) is 3.90. The quantitative estimate of drug-likeness (QED) is 0.132. The van der Waals surface area contributed by atoms with Gasteiger partial charge in [-0.05, 0) is 134 Å². The number of benzene rings is 12. The van der Waals surface area contributed by atoms with E-state index in [0.29, 0.717) is 34.9 Å². The van der Waals surface area contributed by atoms with E-state index in [4.69, 9.17) is 39.2 Å². The summed E-state index contributed by atoms with van der Waals surface area (Å²) in [6.07, 6.45) is 0. The lowest BCUT2D eigenvalue weighted by Gasteiger charge is -2.32. The highest BCUT2D eigenvalue weighted by atomic mass is 79.9. The van der Waals surface area contributed by atoms with Crippen LogP contribution in [-0.4, -0.2) is 48.2 Å². The zero-order valence-electron chi connectivity index (χ0n) is 53.7. The van der Waals surface area contributed by atoms with Crippen molar-refractivity contribution in [2.24, 2.45) is 0 Å². The van der Waals surface area contributed by atoms with E-state index < -0.39 is 0 Å². The van der Waals surface area contributed by atoms with Gasteiger partial charge in [-0.2, -0.15) is 0 Å². The molecule has 0 bridgehead atoms. The molecule has 472 valence electrons. The molecule has 5 aromatic heterocycles. The summed E-state index contributed by atoms with van der Waals surface area (Å²) in [6, 6.07) is 98.7. The maximum absolute atomic E-state index is 6.26. The van der Waals surface area contributed by atoms with Gasteiger partial charge in [0.1, 0.15) is 0 Å². The van der Waals surface area contributed by atoms with Crippen molar-refractivity contribution >= 4 is 139 Å². The third-order valence-corrected chi connectivity index (χ3v) is 22.5. The number of hydrogen-bond donors (Lipinski definition) is 0. The van der Waals surface area contributed by atoms with Crippen LogP contribution < -0.4 is 5.46 Å². The molecule has 0 N–H and O–H groups in total. The molecule has 0 unspecified atom stereocenters. The predicted octanol–water partition coefficient (Wildman–Crippen LogP) is 23.7. The van der Waals surface area contributed by atoms with Crippen molar-refractivity contribution in [2.75, 3.05) is 0 Å². The standard InChI is InChI=1S/C45H27N3S2.C21H13Br2N3.C18H19BO2S/c1-2-12-28(13-3-1)43-46-44(31-16-8-14-29(26-31)33-20-10-24-39-41(33)35-18-4-6-22-37(35)49-39)48-45(47-43)32-17-9-15-30(27-32)34-21-11-25-40-42(34)36-19-5-7-23-38(36)50-40;22-17-10-4-8-15(12-17)20-24-19(14-6-2-1-3-7-14)25-21(26-20)16-9-5-11-18(23)13-16;1-17(2)18(3,4)21-19(20-17)13-9-7-11-15-16(13)12-8-5-6-10-14(12)22-15/h1-27H;1-13H;5-11H,1-4H3. The second-order valence-corrected chi connectivity index (χ2v) is 30.1. The van der Waals surface area contributed by atoms with Crippen molar-refractivity contribution in [2.45, 2.75) is 38.9 Å². The first-order chi connectivity index (χ1) is 47.8. The number of aromatic nitrogens is 6. The molecule has 1 fully saturated rings. The van der Waals surface area contributed by atoms with E-state index in [1.807, 2.05) is 131 Å². The summed E-state index contributed by atoms with van der Waals surface area (Å²) < 4.78 is 22.3. The molecule has 0 aliphatic carbocycles. The van der Waals surface area contributed by atoms with Crippen molar-refractivity contribution in [1.29, 1.82) is 0 Å². The van der Waals surface area contributed by atoms with Gasteiger partial charge < -0.3 is 9.31 Å². The summed E-state index contributed by atoms with van der Waals surface area (Å²) in [4.78, 5) is 29.4. The highest BCUT2D eigenvalue weighted by Gasteiger charge is 2.52. The molecular weight excluding hydrogens is 1390 g/mol. The summed E-state index contributed by atoms with van der Waals surface area (Å²) in [6.45, 7) is 8.38. The van der Waals surface area contributed by atoms with Crippen molar-refractivity contribution in [1.82, 2.24) is 29.9 Å². The third kappa shape index (κ3) is 12.5. The van der Waals surface area contributed by atoms with E-state index in [2.05, 4.69) is 248 Å². The van der Waals surface area contributed by atoms with Crippen LogP contribution in [-0.2, 0) is 9.31 Å². The zero-order chi connectivity index (χ0) is 66.5. The Morgan fingerprint density at radius 3 is 0.959 bits per heavy atom. The fourth-order valence-corrected chi connectivity index (χ4v) is 16.8. The highest BCUT2D eigenvalue weighted by molar-refractivity contribution is 9.10. The Balaban J connectivity index is 0.000000130. The lowest BCUT2D eigenvalue weighted by atomic mass is 9.76. The largest absolute Gasteiger partial charge is 0.495 e. The molecule has 8 nitrogen and oxygen atoms in total. The van der Waals surface area contributed by atoms with E-state index in [-0.39, 0.29) is 18.3 Å². The van der Waals surface area contributed by atoms with Crippen molar-refractivity contribution in [3.8, 4) is 90.6 Å². The maximum atomic E-state index is 6.26. The zero-order valence-corrected chi connectivity index (χ0v) is 59.3. The Labute approximate surface area is 596 Å². The second kappa shape index (κ2) is 26.6. The van der Waals surface area contributed by atoms with Gasteiger partial charge in [0.25, 0.3) is 0 Å². The summed E-state index contributed by atoms with van der Waals surface area (Å²) >= 11 is 12.5. The van der Waals surface area contributed by atoms with Gasteiger partial charge in [-0.25, -0.2) is 29.9 Å². The van der Waals surface area contributed by atoms with Crippen molar-refractivity contribution < 1.29 is 9.31 Å². The molecule has 0 spiro atoms. The number of hydrogen-bond acceptors (Lipinski definition) is 11. The molecule has 6 heterocycles. The van der Waals surface area contributed by atoms with Crippen LogP contribution in [0.4, 0.5) is 0 Å². The molecule has 0 saturated carbocycles. The molecule has 18 rings (SSSR count). The van der Waals surface area contributed by atoms with Crippen LogP contribution >= 0.6 is 65.9 Å². The Hall–Kier alpha value is -9.74. The monoisotopic (exact) mass is 1450 g/mol. The minimum atomic E-state index is -0.314. The normalized spacial score (nSPS) is 13.3. The van der Waals surface area contributed by atoms with Crippen molar-refractivity contribution in [3.05, 3.63) is 294 Å². The van der Waals surface area contributed by atoms with Gasteiger partial charge in [0, 0.05) is 97.5 Å². The molecule has 14 heteroatoms. The van der Waals surface area contributed by atoms with E-state index in [9.17, 15) is 0 Å². The molecule has 17 aromatic rings. The number of nitrogens with zero attached hydrogens (tertiary/aromatic N) is 6. The number of halogens is 2. The Morgan fingerprint density at radius 2 is 0.561 bits per heavy atom. The van der Waals surface area contributed by atoms with Crippen LogP contribution in [0.25, 0.3) is 151 Å². The fourth-order valence-electron chi connectivity index (χ4n) is 12.6. The average Bonchev–Trinajstić information content (AvgIpc) is 1.68. The lowest BCUT2D eigenvalue weighted by Crippen LogP contribution is -2.41. The van der Waals surface area contributed by atoms with Crippen LogP contribution in [0.15, 0.2) is 294 Å². The van der Waals surface area contributed by atoms with Crippen LogP contribution in [0.1, 0.15) is 27.7 Å². The molecule has 0 atom stereocenters. The molecule has 1 aliphatic rings. The minimum Gasteiger partial charge on any atom is -0.399 e. The van der Waals surface area contributed by atoms with E-state index in [1.165, 1.54) is 71.6 Å². The van der Waals surface area contributed by atoms with Crippen LogP contribution in [0.5, 0.6) is 0 Å². The molecule has 98 heavy (non-hydrogen) atoms. The summed E-state index contributed by atoms with van der Waals surface area (Å²) in [5.41, 5.74) is 10.9. The van der Waals surface area contributed by atoms with E-state index in [0.717, 1.165) is 58.9 Å². The van der Waals surface area contributed by atoms with E-state index >= 15 is 0 Å². The molecule has 1 aliphatic heterocycles. The van der Waals surface area contributed by atoms with Crippen LogP contribution in [0, 0.1) is 0 Å². The van der Waals surface area contributed by atoms with Gasteiger partial charge >= 0.3 is 7.12 Å². The Morgan fingerprint density at radius 1 is 0.276 bits per heavy atom. The maximum Gasteiger partial charge on any atom is 0.495 e. The highest BCUT2D eigenvalue weighted by Crippen LogP contribution is 2.44. The average molecular weight is 1450 g/mol. The number of rotatable bonds is 9. The van der Waals surface area contributed by atoms with Gasteiger partial charge in [-0.15, -0.1) is 34.0 Å². The van der Waals surface area contributed by atoms with Crippen LogP contribution in [0.3, 0.4) is 0 Å². The second-order valence-electron chi connectivity index (χ2n) is 25.0. The third-order valence-electron chi connectivity index (χ3n) is 18.1. The topological polar surface area (TPSA) is 95.8 Å². The minimum absolute atomic E-state index is 0.313. The molecular formula is C84H59BBr2N6O2S3. The fraction of sp³-hybridized carbons (Fsp3) is 0.0714. The molecule has 0 amide bonds. The van der Waals surface area contributed by atoms with Gasteiger partial charge in [-0.1, -0.05) is 244 Å². The number of thiophene rings is 3. The first-order valence-electron chi connectivity index (χ1n) is 32.3. The Kier molecular flexibility index (Phi) is 17.1. The summed E-state index contributed by atoms with van der Waals surface area (Å²) in [7, 11) is -0.313. The van der Waals surface area contributed by atoms with Gasteiger partial charge in [0.05, 0.1) is 11.2 Å². The first-order valence-corrected chi connectivity index (χ1v) is 36.3. The predicted molar refractivity (Wildman–Crippen MR) is 419 cm³/mol. The smallest absolute Gasteiger partial charge is 0.399 e. The van der Waals surface area contributed by atoms with Gasteiger partial charge in [0.15, 0.2) is 34.9 Å². The van der Waals surface area contributed by atoms with E-state index in [1.54, 1.807) is 0 Å². The summed E-state index contributed by atoms with van der Waals surface area (Å²) in [5, 5.41) is 7.70. The van der Waals surface area contributed by atoms with Gasteiger partial charge in [-0.3, -0.25) is 0 Å². The van der Waals surface area contributed by atoms with Crippen LogP contribution in [0.2, 0.25) is 0 Å². The lowest BCUT2D eigenvalue weighted by molar-refractivity contribution is 0.00578. The molecule has 12 aromatic carbocycles. The SMILES string of the molecule is Brc1cccc(-c2nc(-c3ccccc3)nc(-c3cccc(Br)c3)n2)c1.CC1(C)OB(c2cccc3sc4ccccc4c23)OC1(C)C.c1ccc(-c2nc(-c3cccc(-c4cccc5sc6ccccc6c45)c3)nc(-c3cccc(-c4cccc5sc6ccccc6c45)c3)n2)cc1. The van der Waals surface area contributed by atoms with Gasteiger partial charge in [0.2, 0.25) is 0 Å². The van der Waals surface area contributed by atoms with Crippen molar-refractivity contribution in [3.63, 3.8) is 0 Å². The molecule has 0 radical (unpaired) electrons. The first kappa shape index (κ1) is 63.0. The number of fused-ring (bicyclic) bond motifs is 9. The Bertz CT molecular complexity index is 5610. The molecule has 1 saturated heterocycles.